The molecule has 0 aromatic carbocycles. The van der Waals surface area contributed by atoms with E-state index >= 15 is 0 Å². The van der Waals surface area contributed by atoms with Gasteiger partial charge in [-0.2, -0.15) is 0 Å². The second-order valence-corrected chi connectivity index (χ2v) is 7.35. The van der Waals surface area contributed by atoms with Crippen LogP contribution in [-0.4, -0.2) is 23.8 Å². The predicted molar refractivity (Wildman–Crippen MR) is 100.0 cm³/mol. The van der Waals surface area contributed by atoms with Crippen molar-refractivity contribution in [3.8, 4) is 0 Å². The summed E-state index contributed by atoms with van der Waals surface area (Å²) in [5.41, 5.74) is 7.92. The molecule has 3 nitrogen and oxygen atoms in total. The lowest BCUT2D eigenvalue weighted by Gasteiger charge is -2.15. The minimum absolute atomic E-state index is 0.200. The van der Waals surface area contributed by atoms with Crippen LogP contribution in [0.25, 0.3) is 0 Å². The van der Waals surface area contributed by atoms with Gasteiger partial charge in [0.05, 0.1) is 6.54 Å². The molecule has 0 heterocycles. The molecule has 0 spiro atoms. The molecule has 0 saturated heterocycles. The maximum Gasteiger partial charge on any atom is 0.111 e. The molecule has 0 aliphatic rings. The summed E-state index contributed by atoms with van der Waals surface area (Å²) in [6, 6.07) is 0.203. The molecular weight excluding hydrogens is 284 g/mol. The molecule has 0 rings (SSSR count). The van der Waals surface area contributed by atoms with Crippen molar-refractivity contribution in [2.75, 3.05) is 6.54 Å². The van der Waals surface area contributed by atoms with Crippen molar-refractivity contribution in [1.29, 1.82) is 0 Å². The highest BCUT2D eigenvalue weighted by Crippen LogP contribution is 2.14. The molecule has 0 unspecified atom stereocenters. The molecule has 140 valence electrons. The van der Waals surface area contributed by atoms with Crippen LogP contribution in [0, 0.1) is 0 Å². The lowest BCUT2D eigenvalue weighted by atomic mass is 9.99. The van der Waals surface area contributed by atoms with E-state index in [-0.39, 0.29) is 12.1 Å². The van der Waals surface area contributed by atoms with Gasteiger partial charge in [-0.05, 0) is 6.42 Å². The van der Waals surface area contributed by atoms with Gasteiger partial charge in [0.1, 0.15) is 12.1 Å². The number of aliphatic hydroxyl groups is 1. The highest BCUT2D eigenvalue weighted by atomic mass is 16.3. The van der Waals surface area contributed by atoms with Gasteiger partial charge >= 0.3 is 0 Å². The fourth-order valence-corrected chi connectivity index (χ4v) is 3.21. The van der Waals surface area contributed by atoms with Gasteiger partial charge in [0.15, 0.2) is 0 Å². The summed E-state index contributed by atoms with van der Waals surface area (Å²) in [6.07, 6.45) is 20.8. The average molecular weight is 331 g/mol. The Morgan fingerprint density at radius 1 is 0.652 bits per heavy atom. The standard InChI is InChI=1S/C20H44N2O/c1-2-3-4-5-6-7-8-9-10-11-12-13-14-17-20(23)19(22)16-15-18-21/h19-20,23H,2-18,21-22H2,1H3/p+2/t19-,20+/m0/s1. The molecule has 7 N–H and O–H groups in total. The molecule has 0 bridgehead atoms. The topological polar surface area (TPSA) is 75.5 Å². The van der Waals surface area contributed by atoms with Crippen LogP contribution in [0.1, 0.15) is 110 Å². The zero-order valence-electron chi connectivity index (χ0n) is 16.0. The Bertz CT molecular complexity index is 224. The van der Waals surface area contributed by atoms with Gasteiger partial charge in [-0.25, -0.2) is 0 Å². The first-order valence-electron chi connectivity index (χ1n) is 10.5. The monoisotopic (exact) mass is 330 g/mol. The van der Waals surface area contributed by atoms with E-state index < -0.39 is 0 Å². The molecule has 0 aliphatic carbocycles. The number of unbranched alkanes of at least 4 members (excludes halogenated alkanes) is 12. The summed E-state index contributed by atoms with van der Waals surface area (Å²) in [5.74, 6) is 0. The SMILES string of the molecule is CCCCCCCCCCCCCCC[C@@H](O)[C@@H]([NH3+])CCC[NH3+]. The number of hydrogen-bond acceptors (Lipinski definition) is 1. The van der Waals surface area contributed by atoms with Crippen LogP contribution in [0.5, 0.6) is 0 Å². The van der Waals surface area contributed by atoms with Gasteiger partial charge in [0, 0.05) is 12.8 Å². The van der Waals surface area contributed by atoms with Crippen molar-refractivity contribution >= 4 is 0 Å². The fourth-order valence-electron chi connectivity index (χ4n) is 3.21. The zero-order valence-corrected chi connectivity index (χ0v) is 16.0. The first-order valence-corrected chi connectivity index (χ1v) is 10.5. The van der Waals surface area contributed by atoms with E-state index in [1.165, 1.54) is 77.0 Å². The van der Waals surface area contributed by atoms with E-state index in [2.05, 4.69) is 18.4 Å². The van der Waals surface area contributed by atoms with Crippen molar-refractivity contribution in [2.24, 2.45) is 0 Å². The van der Waals surface area contributed by atoms with Crippen molar-refractivity contribution in [3.63, 3.8) is 0 Å². The first kappa shape index (κ1) is 22.9. The molecular formula is C20H46N2O+2. The fraction of sp³-hybridized carbons (Fsp3) is 1.00. The maximum absolute atomic E-state index is 10.0. The summed E-state index contributed by atoms with van der Waals surface area (Å²) in [6.45, 7) is 3.24. The van der Waals surface area contributed by atoms with Crippen molar-refractivity contribution in [3.05, 3.63) is 0 Å². The number of rotatable bonds is 18. The van der Waals surface area contributed by atoms with Crippen LogP contribution in [-0.2, 0) is 0 Å². The largest absolute Gasteiger partial charge is 0.387 e. The Hall–Kier alpha value is -0.120. The first-order chi connectivity index (χ1) is 11.2. The van der Waals surface area contributed by atoms with Crippen LogP contribution in [0.2, 0.25) is 0 Å². The van der Waals surface area contributed by atoms with Gasteiger partial charge in [-0.15, -0.1) is 0 Å². The Labute approximate surface area is 145 Å². The Morgan fingerprint density at radius 2 is 1.09 bits per heavy atom. The molecule has 0 aliphatic heterocycles. The molecule has 23 heavy (non-hydrogen) atoms. The third-order valence-corrected chi connectivity index (χ3v) is 4.97. The van der Waals surface area contributed by atoms with E-state index in [0.29, 0.717) is 0 Å². The third-order valence-electron chi connectivity index (χ3n) is 4.97. The molecule has 0 fully saturated rings. The highest BCUT2D eigenvalue weighted by molar-refractivity contribution is 4.65. The van der Waals surface area contributed by atoms with Crippen LogP contribution in [0.4, 0.5) is 0 Å². The minimum Gasteiger partial charge on any atom is -0.387 e. The number of hydrogen-bond donors (Lipinski definition) is 3. The van der Waals surface area contributed by atoms with Gasteiger partial charge in [-0.3, -0.25) is 0 Å². The molecule has 0 saturated carbocycles. The molecule has 0 amide bonds. The average Bonchev–Trinajstić information content (AvgIpc) is 2.56. The quantitative estimate of drug-likeness (QED) is 0.331. The van der Waals surface area contributed by atoms with Crippen LogP contribution in [0.3, 0.4) is 0 Å². The lowest BCUT2D eigenvalue weighted by Crippen LogP contribution is -2.66. The Kier molecular flexibility index (Phi) is 18.1. The van der Waals surface area contributed by atoms with Crippen LogP contribution >= 0.6 is 0 Å². The van der Waals surface area contributed by atoms with E-state index in [1.54, 1.807) is 0 Å². The maximum atomic E-state index is 10.0. The molecule has 3 heteroatoms. The molecule has 2 atom stereocenters. The van der Waals surface area contributed by atoms with Gasteiger partial charge in [0.25, 0.3) is 0 Å². The molecule has 0 aromatic heterocycles. The van der Waals surface area contributed by atoms with E-state index in [4.69, 9.17) is 0 Å². The van der Waals surface area contributed by atoms with Gasteiger partial charge in [0.2, 0.25) is 0 Å². The normalized spacial score (nSPS) is 14.1. The third kappa shape index (κ3) is 16.5. The number of quaternary nitrogens is 2. The van der Waals surface area contributed by atoms with Crippen LogP contribution < -0.4 is 11.5 Å². The van der Waals surface area contributed by atoms with Crippen molar-refractivity contribution in [1.82, 2.24) is 0 Å². The minimum atomic E-state index is -0.200. The van der Waals surface area contributed by atoms with Crippen LogP contribution in [0.15, 0.2) is 0 Å². The summed E-state index contributed by atoms with van der Waals surface area (Å²) >= 11 is 0. The lowest BCUT2D eigenvalue weighted by molar-refractivity contribution is -0.443. The molecule has 0 aromatic rings. The summed E-state index contributed by atoms with van der Waals surface area (Å²) < 4.78 is 0. The van der Waals surface area contributed by atoms with E-state index in [0.717, 1.165) is 32.2 Å². The smallest absolute Gasteiger partial charge is 0.111 e. The molecule has 0 radical (unpaired) electrons. The van der Waals surface area contributed by atoms with Gasteiger partial charge < -0.3 is 16.6 Å². The summed E-state index contributed by atoms with van der Waals surface area (Å²) in [5, 5.41) is 10.0. The second kappa shape index (κ2) is 18.2. The second-order valence-electron chi connectivity index (χ2n) is 7.35. The van der Waals surface area contributed by atoms with E-state index in [1.807, 2.05) is 0 Å². The summed E-state index contributed by atoms with van der Waals surface area (Å²) in [7, 11) is 0. The zero-order chi connectivity index (χ0) is 17.2. The predicted octanol–water partition coefficient (Wildman–Crippen LogP) is 3.46. The van der Waals surface area contributed by atoms with Crippen molar-refractivity contribution in [2.45, 2.75) is 122 Å². The number of aliphatic hydroxyl groups excluding tert-OH is 1. The summed E-state index contributed by atoms with van der Waals surface area (Å²) in [4.78, 5) is 0. The van der Waals surface area contributed by atoms with E-state index in [9.17, 15) is 5.11 Å². The van der Waals surface area contributed by atoms with Crippen molar-refractivity contribution < 1.29 is 16.6 Å². The Balaban J connectivity index is 3.18. The van der Waals surface area contributed by atoms with Gasteiger partial charge in [-0.1, -0.05) is 90.4 Å². The highest BCUT2D eigenvalue weighted by Gasteiger charge is 2.17. The Morgan fingerprint density at radius 3 is 1.52 bits per heavy atom.